The van der Waals surface area contributed by atoms with Crippen LogP contribution in [0.15, 0.2) is 78.9 Å². The molecule has 0 spiro atoms. The van der Waals surface area contributed by atoms with Crippen LogP contribution >= 0.6 is 12.2 Å². The zero-order chi connectivity index (χ0) is 25.2. The highest BCUT2D eigenvalue weighted by atomic mass is 32.1. The van der Waals surface area contributed by atoms with Crippen molar-refractivity contribution in [2.75, 3.05) is 44.8 Å². The summed E-state index contributed by atoms with van der Waals surface area (Å²) in [5.41, 5.74) is 1.59. The van der Waals surface area contributed by atoms with Crippen molar-refractivity contribution < 1.29 is 23.8 Å². The van der Waals surface area contributed by atoms with Gasteiger partial charge in [0.1, 0.15) is 24.7 Å². The predicted octanol–water partition coefficient (Wildman–Crippen LogP) is 3.74. The molecule has 36 heavy (non-hydrogen) atoms. The standard InChI is InChI=1S/C27H27N3O5S/c31-25(20-9-11-24(12-10-20)35-18-17-34-23-7-2-1-3-8-23)29-27(36)28-22-6-4-5-21(19-22)26(32)30-13-15-33-16-14-30/h1-12,19H,13-18H2,(H2,28,29,31,36). The smallest absolute Gasteiger partial charge is 0.257 e. The molecular weight excluding hydrogens is 478 g/mol. The van der Waals surface area contributed by atoms with Gasteiger partial charge in [-0.05, 0) is 66.8 Å². The Kier molecular flexibility index (Phi) is 8.85. The molecule has 4 rings (SSSR count). The van der Waals surface area contributed by atoms with Crippen LogP contribution < -0.4 is 20.1 Å². The first kappa shape index (κ1) is 25.2. The van der Waals surface area contributed by atoms with E-state index in [0.717, 1.165) is 5.75 Å². The molecule has 1 aliphatic heterocycles. The number of benzene rings is 3. The molecule has 2 N–H and O–H groups in total. The summed E-state index contributed by atoms with van der Waals surface area (Å²) >= 11 is 5.29. The summed E-state index contributed by atoms with van der Waals surface area (Å²) in [7, 11) is 0. The van der Waals surface area contributed by atoms with E-state index in [9.17, 15) is 9.59 Å². The Hall–Kier alpha value is -3.95. The third-order valence-electron chi connectivity index (χ3n) is 5.37. The summed E-state index contributed by atoms with van der Waals surface area (Å²) in [6.45, 7) is 2.99. The maximum atomic E-state index is 12.7. The topological polar surface area (TPSA) is 89.1 Å². The van der Waals surface area contributed by atoms with E-state index >= 15 is 0 Å². The van der Waals surface area contributed by atoms with Gasteiger partial charge in [0.25, 0.3) is 11.8 Å². The second-order valence-electron chi connectivity index (χ2n) is 7.93. The van der Waals surface area contributed by atoms with E-state index in [1.54, 1.807) is 53.4 Å². The van der Waals surface area contributed by atoms with Gasteiger partial charge >= 0.3 is 0 Å². The highest BCUT2D eigenvalue weighted by Gasteiger charge is 2.18. The van der Waals surface area contributed by atoms with Crippen LogP contribution in [-0.2, 0) is 4.74 Å². The molecule has 3 aromatic rings. The molecule has 2 amide bonds. The van der Waals surface area contributed by atoms with Crippen molar-refractivity contribution in [3.63, 3.8) is 0 Å². The lowest BCUT2D eigenvalue weighted by atomic mass is 10.1. The van der Waals surface area contributed by atoms with Gasteiger partial charge in [-0.2, -0.15) is 0 Å². The monoisotopic (exact) mass is 505 g/mol. The minimum atomic E-state index is -0.355. The van der Waals surface area contributed by atoms with E-state index in [0.29, 0.717) is 62.1 Å². The van der Waals surface area contributed by atoms with Crippen LogP contribution in [0.1, 0.15) is 20.7 Å². The van der Waals surface area contributed by atoms with E-state index in [1.807, 2.05) is 30.3 Å². The van der Waals surface area contributed by atoms with Crippen LogP contribution in [0.25, 0.3) is 0 Å². The molecule has 0 saturated carbocycles. The predicted molar refractivity (Wildman–Crippen MR) is 141 cm³/mol. The highest BCUT2D eigenvalue weighted by Crippen LogP contribution is 2.15. The number of carbonyl (C=O) groups excluding carboxylic acids is 2. The summed E-state index contributed by atoms with van der Waals surface area (Å²) in [5, 5.41) is 5.75. The zero-order valence-electron chi connectivity index (χ0n) is 19.6. The van der Waals surface area contributed by atoms with Crippen LogP contribution in [0.5, 0.6) is 11.5 Å². The number of anilines is 1. The summed E-state index contributed by atoms with van der Waals surface area (Å²) in [5.74, 6) is 0.997. The van der Waals surface area contributed by atoms with E-state index in [-0.39, 0.29) is 16.9 Å². The van der Waals surface area contributed by atoms with Gasteiger partial charge in [0, 0.05) is 29.9 Å². The molecule has 0 atom stereocenters. The minimum absolute atomic E-state index is 0.0640. The molecule has 1 heterocycles. The summed E-state index contributed by atoms with van der Waals surface area (Å²) in [6.07, 6.45) is 0. The molecule has 1 saturated heterocycles. The zero-order valence-corrected chi connectivity index (χ0v) is 20.5. The third-order valence-corrected chi connectivity index (χ3v) is 5.58. The number of amides is 2. The van der Waals surface area contributed by atoms with Crippen molar-refractivity contribution >= 4 is 34.8 Å². The van der Waals surface area contributed by atoms with E-state index in [2.05, 4.69) is 10.6 Å². The summed E-state index contributed by atoms with van der Waals surface area (Å²) in [6, 6.07) is 23.3. The Morgan fingerprint density at radius 2 is 1.50 bits per heavy atom. The molecule has 9 heteroatoms. The molecule has 1 aliphatic rings. The van der Waals surface area contributed by atoms with E-state index in [1.165, 1.54) is 0 Å². The SMILES string of the molecule is O=C(NC(=S)Nc1cccc(C(=O)N2CCOCC2)c1)c1ccc(OCCOc2ccccc2)cc1. The van der Waals surface area contributed by atoms with Crippen molar-refractivity contribution in [2.24, 2.45) is 0 Å². The van der Waals surface area contributed by atoms with Crippen LogP contribution in [0.3, 0.4) is 0 Å². The second kappa shape index (κ2) is 12.7. The first-order valence-electron chi connectivity index (χ1n) is 11.6. The highest BCUT2D eigenvalue weighted by molar-refractivity contribution is 7.80. The lowest BCUT2D eigenvalue weighted by Crippen LogP contribution is -2.40. The average molecular weight is 506 g/mol. The van der Waals surface area contributed by atoms with Gasteiger partial charge in [0.05, 0.1) is 13.2 Å². The number of thiocarbonyl (C=S) groups is 1. The number of nitrogens with zero attached hydrogens (tertiary/aromatic N) is 1. The van der Waals surface area contributed by atoms with E-state index < -0.39 is 0 Å². The Labute approximate surface area is 215 Å². The number of morpholine rings is 1. The number of hydrogen-bond donors (Lipinski definition) is 2. The Morgan fingerprint density at radius 3 is 2.19 bits per heavy atom. The van der Waals surface area contributed by atoms with Gasteiger partial charge < -0.3 is 24.4 Å². The van der Waals surface area contributed by atoms with Crippen LogP contribution in [0.4, 0.5) is 5.69 Å². The Bertz CT molecular complexity index is 1180. The van der Waals surface area contributed by atoms with Crippen molar-refractivity contribution in [3.05, 3.63) is 90.0 Å². The first-order valence-corrected chi connectivity index (χ1v) is 12.0. The van der Waals surface area contributed by atoms with Gasteiger partial charge in [0.15, 0.2) is 5.11 Å². The fourth-order valence-corrected chi connectivity index (χ4v) is 3.77. The van der Waals surface area contributed by atoms with Crippen LogP contribution in [0, 0.1) is 0 Å². The number of nitrogens with one attached hydrogen (secondary N) is 2. The quantitative estimate of drug-likeness (QED) is 0.356. The van der Waals surface area contributed by atoms with Gasteiger partial charge in [-0.1, -0.05) is 24.3 Å². The normalized spacial score (nSPS) is 12.9. The summed E-state index contributed by atoms with van der Waals surface area (Å²) < 4.78 is 16.6. The van der Waals surface area contributed by atoms with Gasteiger partial charge in [-0.3, -0.25) is 14.9 Å². The number of carbonyl (C=O) groups is 2. The Morgan fingerprint density at radius 1 is 0.833 bits per heavy atom. The maximum Gasteiger partial charge on any atom is 0.257 e. The first-order chi connectivity index (χ1) is 17.6. The maximum absolute atomic E-state index is 12.7. The molecule has 0 aromatic heterocycles. The van der Waals surface area contributed by atoms with Gasteiger partial charge in [-0.15, -0.1) is 0 Å². The lowest BCUT2D eigenvalue weighted by Gasteiger charge is -2.27. The van der Waals surface area contributed by atoms with Crippen LogP contribution in [0.2, 0.25) is 0 Å². The molecular formula is C27H27N3O5S. The molecule has 8 nitrogen and oxygen atoms in total. The fourth-order valence-electron chi connectivity index (χ4n) is 3.55. The molecule has 186 valence electrons. The van der Waals surface area contributed by atoms with Crippen molar-refractivity contribution in [2.45, 2.75) is 0 Å². The average Bonchev–Trinajstić information content (AvgIpc) is 2.92. The third kappa shape index (κ3) is 7.27. The molecule has 0 unspecified atom stereocenters. The molecule has 0 aliphatic carbocycles. The number of rotatable bonds is 8. The number of hydrogen-bond acceptors (Lipinski definition) is 6. The van der Waals surface area contributed by atoms with Gasteiger partial charge in [-0.25, -0.2) is 0 Å². The molecule has 3 aromatic carbocycles. The van der Waals surface area contributed by atoms with Crippen molar-refractivity contribution in [3.8, 4) is 11.5 Å². The largest absolute Gasteiger partial charge is 0.490 e. The van der Waals surface area contributed by atoms with Gasteiger partial charge in [0.2, 0.25) is 0 Å². The molecule has 0 radical (unpaired) electrons. The summed E-state index contributed by atoms with van der Waals surface area (Å²) in [4.78, 5) is 27.0. The Balaban J connectivity index is 1.23. The number of ether oxygens (including phenoxy) is 3. The number of para-hydroxylation sites is 1. The van der Waals surface area contributed by atoms with Crippen molar-refractivity contribution in [1.29, 1.82) is 0 Å². The van der Waals surface area contributed by atoms with Crippen molar-refractivity contribution in [1.82, 2.24) is 10.2 Å². The van der Waals surface area contributed by atoms with Crippen LogP contribution in [-0.4, -0.2) is 61.3 Å². The lowest BCUT2D eigenvalue weighted by molar-refractivity contribution is 0.0303. The molecule has 1 fully saturated rings. The van der Waals surface area contributed by atoms with E-state index in [4.69, 9.17) is 26.4 Å². The second-order valence-corrected chi connectivity index (χ2v) is 8.34. The molecule has 0 bridgehead atoms. The fraction of sp³-hybridized carbons (Fsp3) is 0.222. The minimum Gasteiger partial charge on any atom is -0.490 e.